The number of benzene rings is 2. The quantitative estimate of drug-likeness (QED) is 0.547. The van der Waals surface area contributed by atoms with Crippen molar-refractivity contribution in [3.05, 3.63) is 102 Å². The van der Waals surface area contributed by atoms with Gasteiger partial charge in [-0.25, -0.2) is 0 Å². The summed E-state index contributed by atoms with van der Waals surface area (Å²) in [6.07, 6.45) is 13.0. The van der Waals surface area contributed by atoms with E-state index in [9.17, 15) is 0 Å². The van der Waals surface area contributed by atoms with Gasteiger partial charge in [-0.2, -0.15) is 0 Å². The molecule has 0 heteroatoms. The summed E-state index contributed by atoms with van der Waals surface area (Å²) >= 11 is 0. The molecule has 0 unspecified atom stereocenters. The largest absolute Gasteiger partial charge is 0.0877 e. The summed E-state index contributed by atoms with van der Waals surface area (Å²) in [5.41, 5.74) is 7.83. The lowest BCUT2D eigenvalue weighted by molar-refractivity contribution is 0.912. The van der Waals surface area contributed by atoms with Gasteiger partial charge in [-0.3, -0.25) is 0 Å². The van der Waals surface area contributed by atoms with Crippen LogP contribution in [0.2, 0.25) is 0 Å². The Morgan fingerprint density at radius 3 is 2.00 bits per heavy atom. The number of allylic oxidation sites excluding steroid dienone is 8. The van der Waals surface area contributed by atoms with Crippen LogP contribution in [0.4, 0.5) is 0 Å². The van der Waals surface area contributed by atoms with E-state index >= 15 is 0 Å². The van der Waals surface area contributed by atoms with Gasteiger partial charge < -0.3 is 0 Å². The van der Waals surface area contributed by atoms with Crippen LogP contribution in [-0.2, 0) is 0 Å². The van der Waals surface area contributed by atoms with E-state index in [-0.39, 0.29) is 0 Å². The summed E-state index contributed by atoms with van der Waals surface area (Å²) in [7, 11) is 0. The Labute approximate surface area is 145 Å². The Kier molecular flexibility index (Phi) is 4.96. The lowest BCUT2D eigenvalue weighted by Gasteiger charge is -2.09. The lowest BCUT2D eigenvalue weighted by Crippen LogP contribution is -1.91. The van der Waals surface area contributed by atoms with Crippen molar-refractivity contribution < 1.29 is 0 Å². The van der Waals surface area contributed by atoms with E-state index in [4.69, 9.17) is 0 Å². The molecule has 0 aromatic heterocycles. The van der Waals surface area contributed by atoms with E-state index in [2.05, 4.69) is 98.8 Å². The Bertz CT molecular complexity index is 809. The summed E-state index contributed by atoms with van der Waals surface area (Å²) in [6.45, 7) is 6.41. The van der Waals surface area contributed by atoms with Crippen molar-refractivity contribution in [1.82, 2.24) is 0 Å². The molecule has 0 saturated carbocycles. The van der Waals surface area contributed by atoms with E-state index < -0.39 is 0 Å². The first kappa shape index (κ1) is 16.3. The molecule has 120 valence electrons. The van der Waals surface area contributed by atoms with Gasteiger partial charge in [-0.1, -0.05) is 97.5 Å². The van der Waals surface area contributed by atoms with Gasteiger partial charge in [0.15, 0.2) is 0 Å². The van der Waals surface area contributed by atoms with Crippen LogP contribution in [0.3, 0.4) is 0 Å². The van der Waals surface area contributed by atoms with Gasteiger partial charge in [0.25, 0.3) is 0 Å². The Hall–Kier alpha value is -2.60. The fourth-order valence-electron chi connectivity index (χ4n) is 3.05. The van der Waals surface area contributed by atoms with Crippen LogP contribution in [-0.4, -0.2) is 0 Å². The van der Waals surface area contributed by atoms with Crippen LogP contribution in [0.15, 0.2) is 90.6 Å². The summed E-state index contributed by atoms with van der Waals surface area (Å²) in [5.74, 6) is 0.471. The van der Waals surface area contributed by atoms with Crippen molar-refractivity contribution >= 4 is 5.57 Å². The topological polar surface area (TPSA) is 0 Å². The van der Waals surface area contributed by atoms with Gasteiger partial charge in [0.2, 0.25) is 0 Å². The molecule has 24 heavy (non-hydrogen) atoms. The Balaban J connectivity index is 1.91. The van der Waals surface area contributed by atoms with Crippen LogP contribution in [0, 0.1) is 12.8 Å². The smallest absolute Gasteiger partial charge is 0.0000952 e. The highest BCUT2D eigenvalue weighted by Gasteiger charge is 2.15. The highest BCUT2D eigenvalue weighted by Crippen LogP contribution is 2.34. The second-order valence-corrected chi connectivity index (χ2v) is 6.35. The maximum absolute atomic E-state index is 2.28. The minimum Gasteiger partial charge on any atom is -0.0877 e. The van der Waals surface area contributed by atoms with Gasteiger partial charge >= 0.3 is 0 Å². The van der Waals surface area contributed by atoms with E-state index in [0.717, 1.165) is 0 Å². The molecule has 0 bridgehead atoms. The maximum atomic E-state index is 2.28. The second kappa shape index (κ2) is 7.31. The van der Waals surface area contributed by atoms with Crippen LogP contribution in [0.25, 0.3) is 16.7 Å². The molecule has 2 aromatic carbocycles. The first-order valence-electron chi connectivity index (χ1n) is 8.58. The third-order valence-electron chi connectivity index (χ3n) is 4.51. The molecule has 2 aromatic rings. The third kappa shape index (κ3) is 3.49. The Morgan fingerprint density at radius 1 is 0.792 bits per heavy atom. The van der Waals surface area contributed by atoms with Crippen LogP contribution < -0.4 is 0 Å². The fraction of sp³-hybridized carbons (Fsp3) is 0.167. The first-order chi connectivity index (χ1) is 11.7. The normalized spacial score (nSPS) is 17.5. The molecule has 0 radical (unpaired) electrons. The van der Waals surface area contributed by atoms with Crippen LogP contribution >= 0.6 is 0 Å². The highest BCUT2D eigenvalue weighted by molar-refractivity contribution is 5.83. The molecule has 1 atom stereocenters. The summed E-state index contributed by atoms with van der Waals surface area (Å²) in [6, 6.07) is 17.6. The predicted octanol–water partition coefficient (Wildman–Crippen LogP) is 6.75. The summed E-state index contributed by atoms with van der Waals surface area (Å²) < 4.78 is 0. The van der Waals surface area contributed by atoms with E-state index in [1.807, 2.05) is 6.92 Å². The minimum atomic E-state index is 0.471. The maximum Gasteiger partial charge on any atom is -0.0000952 e. The molecule has 1 aliphatic carbocycles. The van der Waals surface area contributed by atoms with E-state index in [1.54, 1.807) is 0 Å². The number of hydrogen-bond donors (Lipinski definition) is 0. The molecule has 0 nitrogen and oxygen atoms in total. The zero-order chi connectivity index (χ0) is 16.9. The SMILES string of the molecule is C/C=C\C=C/C1=C(c2ccc(-c3ccc(C)cc3)cc2)C=C[C@H]1C. The van der Waals surface area contributed by atoms with E-state index in [1.165, 1.54) is 33.4 Å². The molecule has 0 saturated heterocycles. The molecule has 0 fully saturated rings. The van der Waals surface area contributed by atoms with Gasteiger partial charge in [0.05, 0.1) is 0 Å². The van der Waals surface area contributed by atoms with Crippen molar-refractivity contribution in [3.63, 3.8) is 0 Å². The summed E-state index contributed by atoms with van der Waals surface area (Å²) in [4.78, 5) is 0. The fourth-order valence-corrected chi connectivity index (χ4v) is 3.05. The first-order valence-corrected chi connectivity index (χ1v) is 8.58. The number of hydrogen-bond acceptors (Lipinski definition) is 0. The van der Waals surface area contributed by atoms with Gasteiger partial charge in [0, 0.05) is 0 Å². The molecule has 0 spiro atoms. The van der Waals surface area contributed by atoms with Crippen molar-refractivity contribution in [2.75, 3.05) is 0 Å². The van der Waals surface area contributed by atoms with Crippen molar-refractivity contribution in [3.8, 4) is 11.1 Å². The molecule has 1 aliphatic rings. The predicted molar refractivity (Wildman–Crippen MR) is 106 cm³/mol. The standard InChI is InChI=1S/C24H24/c1-4-5-6-7-23-19(3)10-17-24(23)22-15-13-21(14-16-22)20-11-8-18(2)9-12-20/h4-17,19H,1-3H3/b5-4-,7-6-/t19-/m1/s1. The molecular weight excluding hydrogens is 288 g/mol. The van der Waals surface area contributed by atoms with Gasteiger partial charge in [0.1, 0.15) is 0 Å². The monoisotopic (exact) mass is 312 g/mol. The third-order valence-corrected chi connectivity index (χ3v) is 4.51. The average Bonchev–Trinajstić information content (AvgIpc) is 2.97. The minimum absolute atomic E-state index is 0.471. The van der Waals surface area contributed by atoms with Crippen molar-refractivity contribution in [1.29, 1.82) is 0 Å². The Morgan fingerprint density at radius 2 is 1.38 bits per heavy atom. The molecule has 0 aliphatic heterocycles. The number of rotatable bonds is 4. The van der Waals surface area contributed by atoms with Crippen molar-refractivity contribution in [2.24, 2.45) is 5.92 Å². The molecule has 0 N–H and O–H groups in total. The highest BCUT2D eigenvalue weighted by atomic mass is 14.2. The van der Waals surface area contributed by atoms with E-state index in [0.29, 0.717) is 5.92 Å². The molecule has 3 rings (SSSR count). The molecule has 0 heterocycles. The van der Waals surface area contributed by atoms with Gasteiger partial charge in [-0.15, -0.1) is 0 Å². The molecular formula is C24H24. The zero-order valence-corrected chi connectivity index (χ0v) is 14.7. The van der Waals surface area contributed by atoms with Crippen molar-refractivity contribution in [2.45, 2.75) is 20.8 Å². The van der Waals surface area contributed by atoms with Gasteiger partial charge in [-0.05, 0) is 47.6 Å². The second-order valence-electron chi connectivity index (χ2n) is 6.35. The summed E-state index contributed by atoms with van der Waals surface area (Å²) in [5, 5.41) is 0. The number of aryl methyl sites for hydroxylation is 1. The molecule has 0 amide bonds. The zero-order valence-electron chi connectivity index (χ0n) is 14.7. The average molecular weight is 312 g/mol. The lowest BCUT2D eigenvalue weighted by atomic mass is 9.95. The van der Waals surface area contributed by atoms with Crippen LogP contribution in [0.5, 0.6) is 0 Å². The van der Waals surface area contributed by atoms with Crippen LogP contribution in [0.1, 0.15) is 25.0 Å².